The molecular formula is C12H14N4. The van der Waals surface area contributed by atoms with E-state index in [2.05, 4.69) is 15.0 Å². The number of aromatic nitrogens is 3. The van der Waals surface area contributed by atoms with E-state index in [9.17, 15) is 0 Å². The van der Waals surface area contributed by atoms with E-state index in [-0.39, 0.29) is 0 Å². The van der Waals surface area contributed by atoms with E-state index in [0.29, 0.717) is 5.95 Å². The summed E-state index contributed by atoms with van der Waals surface area (Å²) < 4.78 is 0. The number of hydrogen-bond acceptors (Lipinski definition) is 4. The Morgan fingerprint density at radius 2 is 1.75 bits per heavy atom. The average molecular weight is 214 g/mol. The monoisotopic (exact) mass is 214 g/mol. The zero-order valence-corrected chi connectivity index (χ0v) is 9.68. The van der Waals surface area contributed by atoms with Crippen LogP contribution in [-0.4, -0.2) is 29.0 Å². The van der Waals surface area contributed by atoms with Crippen LogP contribution in [0, 0.1) is 6.92 Å². The number of aryl methyl sites for hydroxylation is 1. The quantitative estimate of drug-likeness (QED) is 0.765. The van der Waals surface area contributed by atoms with Crippen LogP contribution in [0.3, 0.4) is 0 Å². The maximum atomic E-state index is 4.42. The number of pyridine rings is 1. The molecule has 0 saturated carbocycles. The molecule has 0 unspecified atom stereocenters. The normalized spacial score (nSPS) is 10.2. The van der Waals surface area contributed by atoms with Crippen molar-refractivity contribution in [1.29, 1.82) is 0 Å². The topological polar surface area (TPSA) is 41.9 Å². The van der Waals surface area contributed by atoms with Gasteiger partial charge >= 0.3 is 0 Å². The van der Waals surface area contributed by atoms with Crippen LogP contribution in [0.2, 0.25) is 0 Å². The molecule has 0 amide bonds. The fourth-order valence-electron chi connectivity index (χ4n) is 1.39. The first-order chi connectivity index (χ1) is 7.66. The molecule has 0 fully saturated rings. The molecule has 16 heavy (non-hydrogen) atoms. The maximum Gasteiger partial charge on any atom is 0.224 e. The molecule has 2 heterocycles. The Balaban J connectivity index is 2.35. The van der Waals surface area contributed by atoms with Gasteiger partial charge in [0.15, 0.2) is 0 Å². The van der Waals surface area contributed by atoms with Crippen molar-refractivity contribution in [2.24, 2.45) is 0 Å². The Bertz CT molecular complexity index is 477. The third-order valence-electron chi connectivity index (χ3n) is 2.22. The minimum absolute atomic E-state index is 0.705. The zero-order valence-electron chi connectivity index (χ0n) is 9.68. The molecule has 2 aromatic rings. The highest BCUT2D eigenvalue weighted by atomic mass is 15.2. The average Bonchev–Trinajstić information content (AvgIpc) is 2.29. The van der Waals surface area contributed by atoms with E-state index in [0.717, 1.165) is 17.0 Å². The molecule has 82 valence electrons. The summed E-state index contributed by atoms with van der Waals surface area (Å²) in [6.45, 7) is 1.97. The highest BCUT2D eigenvalue weighted by molar-refractivity contribution is 5.57. The van der Waals surface area contributed by atoms with Crippen molar-refractivity contribution in [1.82, 2.24) is 15.0 Å². The molecule has 0 radical (unpaired) electrons. The van der Waals surface area contributed by atoms with Gasteiger partial charge in [-0.05, 0) is 19.1 Å². The van der Waals surface area contributed by atoms with E-state index in [1.54, 1.807) is 12.4 Å². The highest BCUT2D eigenvalue weighted by Crippen LogP contribution is 2.16. The van der Waals surface area contributed by atoms with Crippen LogP contribution in [0.5, 0.6) is 0 Å². The van der Waals surface area contributed by atoms with Gasteiger partial charge in [0.25, 0.3) is 0 Å². The van der Waals surface area contributed by atoms with E-state index in [4.69, 9.17) is 0 Å². The molecule has 0 N–H and O–H groups in total. The van der Waals surface area contributed by atoms with Crippen molar-refractivity contribution in [2.75, 3.05) is 19.0 Å². The summed E-state index contributed by atoms with van der Waals surface area (Å²) in [6, 6.07) is 5.91. The SMILES string of the molecule is Cc1cccc(-c2cnc(N(C)C)nc2)n1. The van der Waals surface area contributed by atoms with Crippen LogP contribution in [0.1, 0.15) is 5.69 Å². The predicted molar refractivity (Wildman–Crippen MR) is 64.3 cm³/mol. The molecule has 0 aliphatic rings. The molecule has 4 heteroatoms. The van der Waals surface area contributed by atoms with Crippen LogP contribution in [0.25, 0.3) is 11.3 Å². The summed E-state index contributed by atoms with van der Waals surface area (Å²) >= 11 is 0. The summed E-state index contributed by atoms with van der Waals surface area (Å²) in [5, 5.41) is 0. The smallest absolute Gasteiger partial charge is 0.224 e. The molecule has 0 atom stereocenters. The van der Waals surface area contributed by atoms with Crippen LogP contribution >= 0.6 is 0 Å². The standard InChI is InChI=1S/C12H14N4/c1-9-5-4-6-11(15-9)10-7-13-12(14-8-10)16(2)3/h4-8H,1-3H3. The molecule has 0 spiro atoms. The molecule has 0 saturated heterocycles. The first kappa shape index (κ1) is 10.5. The Morgan fingerprint density at radius 3 is 2.31 bits per heavy atom. The van der Waals surface area contributed by atoms with Gasteiger partial charge in [0.2, 0.25) is 5.95 Å². The second kappa shape index (κ2) is 4.26. The Morgan fingerprint density at radius 1 is 1.06 bits per heavy atom. The fourth-order valence-corrected chi connectivity index (χ4v) is 1.39. The summed E-state index contributed by atoms with van der Waals surface area (Å²) in [4.78, 5) is 14.8. The highest BCUT2D eigenvalue weighted by Gasteiger charge is 2.02. The van der Waals surface area contributed by atoms with Crippen molar-refractivity contribution in [3.05, 3.63) is 36.3 Å². The fraction of sp³-hybridized carbons (Fsp3) is 0.250. The molecule has 2 rings (SSSR count). The lowest BCUT2D eigenvalue weighted by molar-refractivity contribution is 0.998. The molecule has 4 nitrogen and oxygen atoms in total. The van der Waals surface area contributed by atoms with Gasteiger partial charge in [-0.2, -0.15) is 0 Å². The Labute approximate surface area is 95.0 Å². The van der Waals surface area contributed by atoms with Crippen LogP contribution < -0.4 is 4.90 Å². The molecule has 0 aliphatic carbocycles. The first-order valence-corrected chi connectivity index (χ1v) is 5.10. The van der Waals surface area contributed by atoms with Crippen LogP contribution in [0.15, 0.2) is 30.6 Å². The third-order valence-corrected chi connectivity index (χ3v) is 2.22. The Hall–Kier alpha value is -1.97. The number of hydrogen-bond donors (Lipinski definition) is 0. The lowest BCUT2D eigenvalue weighted by Crippen LogP contribution is -2.12. The summed E-state index contributed by atoms with van der Waals surface area (Å²) in [5.41, 5.74) is 2.84. The van der Waals surface area contributed by atoms with Gasteiger partial charge in [-0.15, -0.1) is 0 Å². The van der Waals surface area contributed by atoms with Gasteiger partial charge in [0.05, 0.1) is 5.69 Å². The van der Waals surface area contributed by atoms with Crippen molar-refractivity contribution in [3.63, 3.8) is 0 Å². The zero-order chi connectivity index (χ0) is 11.5. The van der Waals surface area contributed by atoms with Gasteiger partial charge in [0.1, 0.15) is 0 Å². The summed E-state index contributed by atoms with van der Waals surface area (Å²) in [6.07, 6.45) is 3.59. The minimum atomic E-state index is 0.705. The van der Waals surface area contributed by atoms with Gasteiger partial charge in [-0.3, -0.25) is 4.98 Å². The van der Waals surface area contributed by atoms with E-state index >= 15 is 0 Å². The number of rotatable bonds is 2. The molecular weight excluding hydrogens is 200 g/mol. The van der Waals surface area contributed by atoms with Crippen molar-refractivity contribution in [2.45, 2.75) is 6.92 Å². The largest absolute Gasteiger partial charge is 0.347 e. The van der Waals surface area contributed by atoms with Crippen molar-refractivity contribution < 1.29 is 0 Å². The van der Waals surface area contributed by atoms with E-state index < -0.39 is 0 Å². The lowest BCUT2D eigenvalue weighted by Gasteiger charge is -2.09. The molecule has 0 aliphatic heterocycles. The number of anilines is 1. The third kappa shape index (κ3) is 2.16. The Kier molecular flexibility index (Phi) is 2.81. The molecule has 2 aromatic heterocycles. The van der Waals surface area contributed by atoms with E-state index in [1.807, 2.05) is 44.1 Å². The minimum Gasteiger partial charge on any atom is -0.347 e. The van der Waals surface area contributed by atoms with E-state index in [1.165, 1.54) is 0 Å². The second-order valence-electron chi connectivity index (χ2n) is 3.83. The van der Waals surface area contributed by atoms with Crippen LogP contribution in [0.4, 0.5) is 5.95 Å². The second-order valence-corrected chi connectivity index (χ2v) is 3.83. The van der Waals surface area contributed by atoms with Gasteiger partial charge in [-0.1, -0.05) is 6.07 Å². The maximum absolute atomic E-state index is 4.42. The van der Waals surface area contributed by atoms with Crippen molar-refractivity contribution in [3.8, 4) is 11.3 Å². The summed E-state index contributed by atoms with van der Waals surface area (Å²) in [7, 11) is 3.83. The molecule has 0 bridgehead atoms. The van der Waals surface area contributed by atoms with Crippen molar-refractivity contribution >= 4 is 5.95 Å². The van der Waals surface area contributed by atoms with Gasteiger partial charge < -0.3 is 4.90 Å². The van der Waals surface area contributed by atoms with Gasteiger partial charge in [0, 0.05) is 37.7 Å². The molecule has 0 aromatic carbocycles. The van der Waals surface area contributed by atoms with Crippen LogP contribution in [-0.2, 0) is 0 Å². The predicted octanol–water partition coefficient (Wildman–Crippen LogP) is 1.91. The van der Waals surface area contributed by atoms with Gasteiger partial charge in [-0.25, -0.2) is 9.97 Å². The lowest BCUT2D eigenvalue weighted by atomic mass is 10.2. The number of nitrogens with zero attached hydrogens (tertiary/aromatic N) is 4. The first-order valence-electron chi connectivity index (χ1n) is 5.10. The summed E-state index contributed by atoms with van der Waals surface area (Å²) in [5.74, 6) is 0.705.